The largest absolute Gasteiger partial charge is 0.496 e. The Bertz CT molecular complexity index is 1330. The molecule has 1 atom stereocenters. The van der Waals surface area contributed by atoms with Crippen molar-refractivity contribution in [2.24, 2.45) is 0 Å². The highest BCUT2D eigenvalue weighted by molar-refractivity contribution is 5.95. The Morgan fingerprint density at radius 2 is 2.03 bits per heavy atom. The lowest BCUT2D eigenvalue weighted by molar-refractivity contribution is -0.121. The lowest BCUT2D eigenvalue weighted by Gasteiger charge is -2.31. The third kappa shape index (κ3) is 4.10. The van der Waals surface area contributed by atoms with Crippen LogP contribution in [0.5, 0.6) is 5.75 Å². The number of ether oxygens (including phenoxy) is 1. The van der Waals surface area contributed by atoms with E-state index in [0.29, 0.717) is 5.75 Å². The van der Waals surface area contributed by atoms with Gasteiger partial charge in [-0.1, -0.05) is 18.2 Å². The average molecular weight is 441 g/mol. The van der Waals surface area contributed by atoms with Crippen molar-refractivity contribution in [3.05, 3.63) is 77.7 Å². The number of aromatic nitrogens is 2. The molecule has 5 rings (SSSR count). The molecule has 3 heterocycles. The van der Waals surface area contributed by atoms with E-state index in [1.54, 1.807) is 13.3 Å². The number of nitrogens with one attached hydrogen (secondary N) is 2. The van der Waals surface area contributed by atoms with Crippen LogP contribution in [0.15, 0.2) is 60.8 Å². The first-order valence-electron chi connectivity index (χ1n) is 11.3. The van der Waals surface area contributed by atoms with Gasteiger partial charge in [-0.2, -0.15) is 0 Å². The molecule has 0 saturated carbocycles. The predicted octanol–water partition coefficient (Wildman–Crippen LogP) is 4.93. The van der Waals surface area contributed by atoms with Crippen molar-refractivity contribution < 1.29 is 9.53 Å². The number of benzene rings is 2. The van der Waals surface area contributed by atoms with Crippen molar-refractivity contribution in [3.8, 4) is 16.9 Å². The van der Waals surface area contributed by atoms with E-state index < -0.39 is 0 Å². The number of nitrogens with zero attached hydrogens (tertiary/aromatic N) is 2. The number of methoxy groups -OCH3 is 1. The van der Waals surface area contributed by atoms with Crippen molar-refractivity contribution in [1.29, 1.82) is 0 Å². The Kier molecular flexibility index (Phi) is 5.60. The molecule has 168 valence electrons. The van der Waals surface area contributed by atoms with Crippen molar-refractivity contribution in [1.82, 2.24) is 14.9 Å². The van der Waals surface area contributed by atoms with Gasteiger partial charge in [0.05, 0.1) is 13.2 Å². The van der Waals surface area contributed by atoms with Gasteiger partial charge in [0.2, 0.25) is 5.91 Å². The number of amides is 1. The number of anilines is 1. The normalized spacial score (nSPS) is 14.6. The minimum atomic E-state index is -0.252. The maximum atomic E-state index is 13.1. The molecule has 4 aromatic rings. The van der Waals surface area contributed by atoms with Gasteiger partial charge in [0.15, 0.2) is 0 Å². The molecule has 1 aliphatic rings. The van der Waals surface area contributed by atoms with Gasteiger partial charge in [0, 0.05) is 58.9 Å². The molecular weight excluding hydrogens is 412 g/mol. The lowest BCUT2D eigenvalue weighted by Crippen LogP contribution is -2.44. The highest BCUT2D eigenvalue weighted by Crippen LogP contribution is 2.33. The fourth-order valence-electron chi connectivity index (χ4n) is 4.68. The van der Waals surface area contributed by atoms with Crippen LogP contribution in [0, 0.1) is 6.92 Å². The first-order chi connectivity index (χ1) is 16.0. The highest BCUT2D eigenvalue weighted by atomic mass is 16.5. The van der Waals surface area contributed by atoms with E-state index in [0.717, 1.165) is 47.5 Å². The first-order valence-corrected chi connectivity index (χ1v) is 11.3. The summed E-state index contributed by atoms with van der Waals surface area (Å²) in [4.78, 5) is 23.1. The topological polar surface area (TPSA) is 70.2 Å². The Hall–Kier alpha value is -3.64. The number of aromatic amines is 1. The number of aryl methyl sites for hydroxylation is 1. The molecule has 6 nitrogen and oxygen atoms in total. The standard InChI is InChI=1S/C27H28N4O2/c1-17-14-19(10-12-28-17)21-9-8-20(15-26(21)33-3)29-27(32)18(2)31-13-11-23-22-6-4-5-7-24(22)30-25(23)16-31/h4-10,12,14-15,18,30H,11,13,16H2,1-3H3,(H,29,32)/t18-/m1/s1. The van der Waals surface area contributed by atoms with Gasteiger partial charge >= 0.3 is 0 Å². The van der Waals surface area contributed by atoms with Crippen LogP contribution < -0.4 is 10.1 Å². The first kappa shape index (κ1) is 21.2. The number of carbonyl (C=O) groups excluding carboxylic acids is 1. The fraction of sp³-hybridized carbons (Fsp3) is 0.259. The molecule has 0 bridgehead atoms. The molecule has 33 heavy (non-hydrogen) atoms. The Balaban J connectivity index is 1.31. The summed E-state index contributed by atoms with van der Waals surface area (Å²) < 4.78 is 5.62. The number of hydrogen-bond donors (Lipinski definition) is 2. The van der Waals surface area contributed by atoms with Crippen molar-refractivity contribution in [3.63, 3.8) is 0 Å². The zero-order valence-corrected chi connectivity index (χ0v) is 19.2. The Labute approximate surface area is 193 Å². The molecular formula is C27H28N4O2. The SMILES string of the molecule is COc1cc(NC(=O)[C@@H](C)N2CCc3c([nH]c4ccccc34)C2)ccc1-c1ccnc(C)c1. The van der Waals surface area contributed by atoms with Crippen LogP contribution in [0.1, 0.15) is 23.9 Å². The smallest absolute Gasteiger partial charge is 0.241 e. The van der Waals surface area contributed by atoms with Gasteiger partial charge in [-0.25, -0.2) is 0 Å². The van der Waals surface area contributed by atoms with Gasteiger partial charge in [-0.15, -0.1) is 0 Å². The second kappa shape index (κ2) is 8.71. The van der Waals surface area contributed by atoms with Crippen LogP contribution in [0.2, 0.25) is 0 Å². The summed E-state index contributed by atoms with van der Waals surface area (Å²) in [5, 5.41) is 4.36. The third-order valence-electron chi connectivity index (χ3n) is 6.52. The summed E-state index contributed by atoms with van der Waals surface area (Å²) in [6, 6.07) is 17.9. The monoisotopic (exact) mass is 440 g/mol. The van der Waals surface area contributed by atoms with Gasteiger partial charge in [0.25, 0.3) is 0 Å². The highest BCUT2D eigenvalue weighted by Gasteiger charge is 2.27. The number of para-hydroxylation sites is 1. The quantitative estimate of drug-likeness (QED) is 0.462. The van der Waals surface area contributed by atoms with E-state index in [-0.39, 0.29) is 11.9 Å². The molecule has 2 N–H and O–H groups in total. The summed E-state index contributed by atoms with van der Waals surface area (Å²) >= 11 is 0. The second-order valence-electron chi connectivity index (χ2n) is 8.61. The molecule has 0 fully saturated rings. The number of rotatable bonds is 5. The van der Waals surface area contributed by atoms with Gasteiger partial charge in [0.1, 0.15) is 5.75 Å². The summed E-state index contributed by atoms with van der Waals surface area (Å²) in [5.74, 6) is 0.691. The van der Waals surface area contributed by atoms with E-state index >= 15 is 0 Å². The summed E-state index contributed by atoms with van der Waals surface area (Å²) in [5.41, 5.74) is 7.42. The molecule has 0 saturated heterocycles. The van der Waals surface area contributed by atoms with Crippen molar-refractivity contribution in [2.75, 3.05) is 19.0 Å². The van der Waals surface area contributed by atoms with Gasteiger partial charge in [-0.05, 0) is 61.7 Å². The van der Waals surface area contributed by atoms with Gasteiger partial charge < -0.3 is 15.0 Å². The summed E-state index contributed by atoms with van der Waals surface area (Å²) in [6.07, 6.45) is 2.73. The average Bonchev–Trinajstić information content (AvgIpc) is 3.21. The number of carbonyl (C=O) groups is 1. The molecule has 0 unspecified atom stereocenters. The van der Waals surface area contributed by atoms with Crippen LogP contribution in [0.3, 0.4) is 0 Å². The maximum absolute atomic E-state index is 13.1. The van der Waals surface area contributed by atoms with Gasteiger partial charge in [-0.3, -0.25) is 14.7 Å². The van der Waals surface area contributed by atoms with Crippen LogP contribution in [0.4, 0.5) is 5.69 Å². The number of fused-ring (bicyclic) bond motifs is 3. The molecule has 2 aromatic carbocycles. The Morgan fingerprint density at radius 3 is 2.85 bits per heavy atom. The van der Waals surface area contributed by atoms with Crippen LogP contribution in [0.25, 0.3) is 22.0 Å². The van der Waals surface area contributed by atoms with Crippen LogP contribution in [-0.4, -0.2) is 40.5 Å². The van der Waals surface area contributed by atoms with Crippen molar-refractivity contribution in [2.45, 2.75) is 32.9 Å². The zero-order chi connectivity index (χ0) is 22.9. The number of H-pyrrole nitrogens is 1. The van der Waals surface area contributed by atoms with Crippen LogP contribution >= 0.6 is 0 Å². The molecule has 6 heteroatoms. The molecule has 1 amide bonds. The van der Waals surface area contributed by atoms with E-state index in [4.69, 9.17) is 4.74 Å². The minimum absolute atomic E-state index is 0.0240. The summed E-state index contributed by atoms with van der Waals surface area (Å²) in [6.45, 7) is 5.52. The fourth-order valence-corrected chi connectivity index (χ4v) is 4.68. The van der Waals surface area contributed by atoms with E-state index in [9.17, 15) is 4.79 Å². The predicted molar refractivity (Wildman–Crippen MR) is 131 cm³/mol. The molecule has 2 aromatic heterocycles. The van der Waals surface area contributed by atoms with E-state index in [1.807, 2.05) is 50.2 Å². The minimum Gasteiger partial charge on any atom is -0.496 e. The number of pyridine rings is 1. The zero-order valence-electron chi connectivity index (χ0n) is 19.2. The molecule has 0 radical (unpaired) electrons. The van der Waals surface area contributed by atoms with E-state index in [1.165, 1.54) is 16.6 Å². The van der Waals surface area contributed by atoms with Crippen LogP contribution in [-0.2, 0) is 17.8 Å². The van der Waals surface area contributed by atoms with E-state index in [2.05, 4.69) is 38.4 Å². The third-order valence-corrected chi connectivity index (χ3v) is 6.52. The molecule has 0 spiro atoms. The van der Waals surface area contributed by atoms with Crippen molar-refractivity contribution >= 4 is 22.5 Å². The maximum Gasteiger partial charge on any atom is 0.241 e. The second-order valence-corrected chi connectivity index (χ2v) is 8.61. The lowest BCUT2D eigenvalue weighted by atomic mass is 10.0. The number of hydrogen-bond acceptors (Lipinski definition) is 4. The molecule has 0 aliphatic carbocycles. The summed E-state index contributed by atoms with van der Waals surface area (Å²) in [7, 11) is 1.65. The Morgan fingerprint density at radius 1 is 1.18 bits per heavy atom. The molecule has 1 aliphatic heterocycles.